The quantitative estimate of drug-likeness (QED) is 0.633. The van der Waals surface area contributed by atoms with Crippen molar-refractivity contribution in [2.75, 3.05) is 0 Å². The van der Waals surface area contributed by atoms with Gasteiger partial charge >= 0.3 is 11.9 Å². The van der Waals surface area contributed by atoms with E-state index in [9.17, 15) is 9.59 Å². The van der Waals surface area contributed by atoms with E-state index in [4.69, 9.17) is 9.84 Å². The van der Waals surface area contributed by atoms with Gasteiger partial charge in [0.25, 0.3) is 0 Å². The number of aryl methyl sites for hydroxylation is 2. The second-order valence-electron chi connectivity index (χ2n) is 5.20. The number of thiophene rings is 1. The van der Waals surface area contributed by atoms with Gasteiger partial charge in [-0.25, -0.2) is 0 Å². The lowest BCUT2D eigenvalue weighted by atomic mass is 10.1. The van der Waals surface area contributed by atoms with E-state index >= 15 is 0 Å². The molecule has 0 unspecified atom stereocenters. The summed E-state index contributed by atoms with van der Waals surface area (Å²) in [6.45, 7) is 3.74. The van der Waals surface area contributed by atoms with Gasteiger partial charge in [-0.2, -0.15) is 0 Å². The first kappa shape index (κ1) is 17.0. The van der Waals surface area contributed by atoms with Crippen LogP contribution >= 0.6 is 11.3 Å². The number of carboxylic acids is 1. The molecule has 0 saturated heterocycles. The van der Waals surface area contributed by atoms with Gasteiger partial charge < -0.3 is 9.84 Å². The van der Waals surface area contributed by atoms with Crippen molar-refractivity contribution >= 4 is 35.4 Å². The van der Waals surface area contributed by atoms with Crippen molar-refractivity contribution in [2.45, 2.75) is 26.7 Å². The fourth-order valence-electron chi connectivity index (χ4n) is 2.18. The Morgan fingerprint density at radius 2 is 1.87 bits per heavy atom. The first-order chi connectivity index (χ1) is 11.0. The monoisotopic (exact) mass is 330 g/mol. The normalized spacial score (nSPS) is 10.9. The van der Waals surface area contributed by atoms with E-state index in [0.29, 0.717) is 5.75 Å². The summed E-state index contributed by atoms with van der Waals surface area (Å²) in [6.07, 6.45) is 3.70. The average molecular weight is 330 g/mol. The summed E-state index contributed by atoms with van der Waals surface area (Å²) in [5, 5.41) is 10.6. The van der Waals surface area contributed by atoms with Gasteiger partial charge in [-0.3, -0.25) is 9.59 Å². The molecule has 0 saturated carbocycles. The number of ether oxygens (including phenoxy) is 1. The number of esters is 1. The molecule has 1 aromatic carbocycles. The lowest BCUT2D eigenvalue weighted by Crippen LogP contribution is -2.11. The second kappa shape index (κ2) is 7.74. The molecular formula is C18H18O4S. The van der Waals surface area contributed by atoms with Crippen LogP contribution in [0, 0.1) is 13.8 Å². The van der Waals surface area contributed by atoms with Crippen molar-refractivity contribution in [1.82, 2.24) is 0 Å². The molecule has 0 fully saturated rings. The Morgan fingerprint density at radius 1 is 1.17 bits per heavy atom. The van der Waals surface area contributed by atoms with E-state index < -0.39 is 11.9 Å². The Labute approximate surface area is 139 Å². The highest BCUT2D eigenvalue weighted by molar-refractivity contribution is 7.10. The molecular weight excluding hydrogens is 312 g/mol. The molecule has 1 heterocycles. The van der Waals surface area contributed by atoms with Crippen LogP contribution in [0.25, 0.3) is 12.2 Å². The molecule has 2 aromatic rings. The van der Waals surface area contributed by atoms with E-state index in [0.717, 1.165) is 16.7 Å². The number of hydrogen-bond donors (Lipinski definition) is 1. The van der Waals surface area contributed by atoms with Crippen LogP contribution in [0.15, 0.2) is 29.6 Å². The van der Waals surface area contributed by atoms with Crippen molar-refractivity contribution in [3.05, 3.63) is 51.2 Å². The van der Waals surface area contributed by atoms with Crippen molar-refractivity contribution in [2.24, 2.45) is 0 Å². The minimum Gasteiger partial charge on any atom is -0.481 e. The number of carboxylic acid groups (broad SMARTS) is 1. The number of carbonyl (C=O) groups excluding carboxylic acids is 1. The number of rotatable bonds is 6. The zero-order valence-electron chi connectivity index (χ0n) is 13.0. The predicted octanol–water partition coefficient (Wildman–Crippen LogP) is 4.31. The smallest absolute Gasteiger partial charge is 0.311 e. The molecule has 5 heteroatoms. The first-order valence-electron chi connectivity index (χ1n) is 7.21. The number of aliphatic carboxylic acids is 1. The molecule has 1 N–H and O–H groups in total. The summed E-state index contributed by atoms with van der Waals surface area (Å²) in [5.74, 6) is -1.03. The lowest BCUT2D eigenvalue weighted by Gasteiger charge is -2.11. The van der Waals surface area contributed by atoms with Crippen LogP contribution in [-0.4, -0.2) is 17.0 Å². The highest BCUT2D eigenvalue weighted by Gasteiger charge is 2.12. The fraction of sp³-hybridized carbons (Fsp3) is 0.222. The van der Waals surface area contributed by atoms with Gasteiger partial charge in [-0.1, -0.05) is 12.1 Å². The second-order valence-corrected chi connectivity index (χ2v) is 6.18. The van der Waals surface area contributed by atoms with E-state index in [-0.39, 0.29) is 12.8 Å². The van der Waals surface area contributed by atoms with Crippen LogP contribution in [0.5, 0.6) is 5.75 Å². The minimum absolute atomic E-state index is 0.131. The Bertz CT molecular complexity index is 706. The van der Waals surface area contributed by atoms with Gasteiger partial charge in [0.1, 0.15) is 5.75 Å². The molecule has 23 heavy (non-hydrogen) atoms. The molecule has 4 nitrogen and oxygen atoms in total. The van der Waals surface area contributed by atoms with Gasteiger partial charge in [0.05, 0.1) is 12.8 Å². The Balaban J connectivity index is 2.10. The largest absolute Gasteiger partial charge is 0.481 e. The SMILES string of the molecule is Cc1cc(/C=C/c2cccs2)cc(C)c1OC(=O)CCC(=O)O. The summed E-state index contributed by atoms with van der Waals surface area (Å²) in [4.78, 5) is 23.3. The lowest BCUT2D eigenvalue weighted by molar-refractivity contribution is -0.142. The van der Waals surface area contributed by atoms with Gasteiger partial charge in [0, 0.05) is 4.88 Å². The third kappa shape index (κ3) is 5.07. The molecule has 0 radical (unpaired) electrons. The van der Waals surface area contributed by atoms with Crippen LogP contribution in [0.3, 0.4) is 0 Å². The van der Waals surface area contributed by atoms with Gasteiger partial charge in [-0.15, -0.1) is 11.3 Å². The molecule has 0 aliphatic rings. The summed E-state index contributed by atoms with van der Waals surface area (Å²) in [6, 6.07) is 7.92. The fourth-order valence-corrected chi connectivity index (χ4v) is 2.80. The molecule has 120 valence electrons. The molecule has 2 rings (SSSR count). The van der Waals surface area contributed by atoms with Crippen molar-refractivity contribution in [3.63, 3.8) is 0 Å². The topological polar surface area (TPSA) is 63.6 Å². The molecule has 0 amide bonds. The Hall–Kier alpha value is -2.40. The van der Waals surface area contributed by atoms with Crippen LogP contribution in [0.2, 0.25) is 0 Å². The number of hydrogen-bond acceptors (Lipinski definition) is 4. The molecule has 0 atom stereocenters. The van der Waals surface area contributed by atoms with Gasteiger partial charge in [0.2, 0.25) is 0 Å². The first-order valence-corrected chi connectivity index (χ1v) is 8.09. The van der Waals surface area contributed by atoms with Crippen molar-refractivity contribution < 1.29 is 19.4 Å². The summed E-state index contributed by atoms with van der Waals surface area (Å²) < 4.78 is 5.31. The van der Waals surface area contributed by atoms with Crippen LogP contribution < -0.4 is 4.74 Å². The highest BCUT2D eigenvalue weighted by Crippen LogP contribution is 2.26. The average Bonchev–Trinajstić information content (AvgIpc) is 3.00. The third-order valence-electron chi connectivity index (χ3n) is 3.22. The van der Waals surface area contributed by atoms with E-state index in [1.165, 1.54) is 4.88 Å². The number of carbonyl (C=O) groups is 2. The van der Waals surface area contributed by atoms with E-state index in [2.05, 4.69) is 0 Å². The highest BCUT2D eigenvalue weighted by atomic mass is 32.1. The maximum absolute atomic E-state index is 11.7. The predicted molar refractivity (Wildman–Crippen MR) is 91.7 cm³/mol. The molecule has 0 aliphatic carbocycles. The van der Waals surface area contributed by atoms with Gasteiger partial charge in [0.15, 0.2) is 0 Å². The van der Waals surface area contributed by atoms with Crippen LogP contribution in [-0.2, 0) is 9.59 Å². The molecule has 1 aromatic heterocycles. The van der Waals surface area contributed by atoms with Gasteiger partial charge in [-0.05, 0) is 60.2 Å². The minimum atomic E-state index is -1.01. The molecule has 0 aliphatic heterocycles. The number of benzene rings is 1. The maximum atomic E-state index is 11.7. The Morgan fingerprint density at radius 3 is 2.43 bits per heavy atom. The summed E-state index contributed by atoms with van der Waals surface area (Å²) >= 11 is 1.67. The van der Waals surface area contributed by atoms with Crippen molar-refractivity contribution in [1.29, 1.82) is 0 Å². The zero-order valence-corrected chi connectivity index (χ0v) is 13.9. The molecule has 0 spiro atoms. The summed E-state index contributed by atoms with van der Waals surface area (Å²) in [7, 11) is 0. The van der Waals surface area contributed by atoms with Crippen LogP contribution in [0.4, 0.5) is 0 Å². The zero-order chi connectivity index (χ0) is 16.8. The Kier molecular flexibility index (Phi) is 5.71. The molecule has 0 bridgehead atoms. The summed E-state index contributed by atoms with van der Waals surface area (Å²) in [5.41, 5.74) is 2.72. The van der Waals surface area contributed by atoms with Crippen molar-refractivity contribution in [3.8, 4) is 5.75 Å². The van der Waals surface area contributed by atoms with Crippen LogP contribution in [0.1, 0.15) is 34.4 Å². The van der Waals surface area contributed by atoms with E-state index in [1.54, 1.807) is 11.3 Å². The van der Waals surface area contributed by atoms with E-state index in [1.807, 2.05) is 55.6 Å². The standard InChI is InChI=1S/C18H18O4S/c1-12-10-14(5-6-15-4-3-9-23-15)11-13(2)18(12)22-17(21)8-7-16(19)20/h3-6,9-11H,7-8H2,1-2H3,(H,19,20)/b6-5+. The third-order valence-corrected chi connectivity index (χ3v) is 4.06. The maximum Gasteiger partial charge on any atom is 0.311 e.